The summed E-state index contributed by atoms with van der Waals surface area (Å²) in [6, 6.07) is 0.394. The average molecular weight is 269 g/mol. The van der Waals surface area contributed by atoms with Gasteiger partial charge in [-0.05, 0) is 38.5 Å². The number of nitrogens with zero attached hydrogens (tertiary/aromatic N) is 1. The number of hydrogen-bond acceptors (Lipinski definition) is 2. The third kappa shape index (κ3) is 5.21. The fourth-order valence-electron chi connectivity index (χ4n) is 3.05. The van der Waals surface area contributed by atoms with E-state index in [0.29, 0.717) is 31.2 Å². The van der Waals surface area contributed by atoms with Crippen LogP contribution in [0.3, 0.4) is 0 Å². The minimum absolute atomic E-state index is 0.166. The second-order valence-corrected chi connectivity index (χ2v) is 5.61. The van der Waals surface area contributed by atoms with E-state index in [1.165, 1.54) is 19.3 Å². The molecule has 1 amide bonds. The summed E-state index contributed by atoms with van der Waals surface area (Å²) < 4.78 is 0. The lowest BCUT2D eigenvalue weighted by Gasteiger charge is -2.38. The van der Waals surface area contributed by atoms with Crippen LogP contribution >= 0.6 is 0 Å². The van der Waals surface area contributed by atoms with Crippen molar-refractivity contribution < 1.29 is 14.7 Å². The number of carbonyl (C=O) groups excluding carboxylic acids is 1. The van der Waals surface area contributed by atoms with Crippen molar-refractivity contribution in [3.8, 4) is 0 Å². The van der Waals surface area contributed by atoms with E-state index in [4.69, 9.17) is 5.11 Å². The van der Waals surface area contributed by atoms with Crippen molar-refractivity contribution in [2.24, 2.45) is 5.92 Å². The summed E-state index contributed by atoms with van der Waals surface area (Å²) in [5, 5.41) is 8.58. The lowest BCUT2D eigenvalue weighted by atomic mass is 9.84. The SMILES string of the molecule is CCN(C(=O)CCCCC(=O)O)C1CCCCC1C. The molecule has 1 aliphatic carbocycles. The van der Waals surface area contributed by atoms with Gasteiger partial charge in [-0.2, -0.15) is 0 Å². The predicted octanol–water partition coefficient (Wildman–Crippen LogP) is 3.06. The van der Waals surface area contributed by atoms with Crippen LogP contribution in [0.4, 0.5) is 0 Å². The highest BCUT2D eigenvalue weighted by atomic mass is 16.4. The summed E-state index contributed by atoms with van der Waals surface area (Å²) in [5.41, 5.74) is 0. The number of carboxylic acids is 1. The molecule has 1 N–H and O–H groups in total. The number of carbonyl (C=O) groups is 2. The quantitative estimate of drug-likeness (QED) is 0.723. The van der Waals surface area contributed by atoms with Crippen LogP contribution in [-0.4, -0.2) is 34.5 Å². The number of amides is 1. The van der Waals surface area contributed by atoms with Gasteiger partial charge in [-0.15, -0.1) is 0 Å². The van der Waals surface area contributed by atoms with Crippen LogP contribution in [0.25, 0.3) is 0 Å². The Morgan fingerprint density at radius 2 is 1.79 bits per heavy atom. The second-order valence-electron chi connectivity index (χ2n) is 5.61. The summed E-state index contributed by atoms with van der Waals surface area (Å²) in [6.45, 7) is 5.05. The fraction of sp³-hybridized carbons (Fsp3) is 0.867. The van der Waals surface area contributed by atoms with Crippen LogP contribution < -0.4 is 0 Å². The average Bonchev–Trinajstić information content (AvgIpc) is 2.37. The standard InChI is InChI=1S/C15H27NO3/c1-3-16(13-9-5-4-8-12(13)2)14(17)10-6-7-11-15(18)19/h12-13H,3-11H2,1-2H3,(H,18,19). The molecular formula is C15H27NO3. The third-order valence-corrected chi connectivity index (χ3v) is 4.16. The monoisotopic (exact) mass is 269 g/mol. The normalized spacial score (nSPS) is 23.1. The van der Waals surface area contributed by atoms with Gasteiger partial charge in [-0.3, -0.25) is 9.59 Å². The molecule has 0 aromatic heterocycles. The Hall–Kier alpha value is -1.06. The largest absolute Gasteiger partial charge is 0.481 e. The molecule has 110 valence electrons. The van der Waals surface area contributed by atoms with Crippen LogP contribution in [0.2, 0.25) is 0 Å². The summed E-state index contributed by atoms with van der Waals surface area (Å²) >= 11 is 0. The van der Waals surface area contributed by atoms with Crippen molar-refractivity contribution in [2.45, 2.75) is 71.3 Å². The summed E-state index contributed by atoms with van der Waals surface area (Å²) in [5.74, 6) is 0.0176. The molecule has 0 aliphatic heterocycles. The van der Waals surface area contributed by atoms with Crippen molar-refractivity contribution in [3.63, 3.8) is 0 Å². The smallest absolute Gasteiger partial charge is 0.303 e. The van der Waals surface area contributed by atoms with Gasteiger partial charge in [0.2, 0.25) is 5.91 Å². The van der Waals surface area contributed by atoms with Crippen LogP contribution in [0.1, 0.15) is 65.2 Å². The minimum Gasteiger partial charge on any atom is -0.481 e. The molecule has 1 aliphatic rings. The van der Waals surface area contributed by atoms with Crippen LogP contribution in [0.15, 0.2) is 0 Å². The van der Waals surface area contributed by atoms with E-state index in [0.717, 1.165) is 13.0 Å². The van der Waals surface area contributed by atoms with Crippen molar-refractivity contribution in [1.29, 1.82) is 0 Å². The first-order chi connectivity index (χ1) is 9.06. The van der Waals surface area contributed by atoms with Crippen LogP contribution in [0.5, 0.6) is 0 Å². The van der Waals surface area contributed by atoms with Gasteiger partial charge in [0, 0.05) is 25.4 Å². The van der Waals surface area contributed by atoms with Gasteiger partial charge in [0.15, 0.2) is 0 Å². The predicted molar refractivity (Wildman–Crippen MR) is 74.9 cm³/mol. The Bertz CT molecular complexity index is 304. The zero-order valence-corrected chi connectivity index (χ0v) is 12.2. The maximum absolute atomic E-state index is 12.2. The van der Waals surface area contributed by atoms with Crippen LogP contribution in [0, 0.1) is 5.92 Å². The molecule has 1 saturated carbocycles. The Balaban J connectivity index is 2.40. The molecule has 4 heteroatoms. The van der Waals surface area contributed by atoms with E-state index in [1.807, 2.05) is 11.8 Å². The van der Waals surface area contributed by atoms with Gasteiger partial charge >= 0.3 is 5.97 Å². The Morgan fingerprint density at radius 3 is 2.37 bits per heavy atom. The molecular weight excluding hydrogens is 242 g/mol. The highest BCUT2D eigenvalue weighted by Gasteiger charge is 2.28. The van der Waals surface area contributed by atoms with Gasteiger partial charge in [0.1, 0.15) is 0 Å². The number of hydrogen-bond donors (Lipinski definition) is 1. The van der Waals surface area contributed by atoms with E-state index in [1.54, 1.807) is 0 Å². The fourth-order valence-corrected chi connectivity index (χ4v) is 3.05. The molecule has 0 bridgehead atoms. The molecule has 0 radical (unpaired) electrons. The summed E-state index contributed by atoms with van der Waals surface area (Å²) in [7, 11) is 0. The number of aliphatic carboxylic acids is 1. The van der Waals surface area contributed by atoms with Crippen molar-refractivity contribution in [2.75, 3.05) is 6.54 Å². The van der Waals surface area contributed by atoms with Gasteiger partial charge < -0.3 is 10.0 Å². The molecule has 1 rings (SSSR count). The van der Waals surface area contributed by atoms with Crippen molar-refractivity contribution in [3.05, 3.63) is 0 Å². The zero-order valence-electron chi connectivity index (χ0n) is 12.2. The molecule has 0 heterocycles. The molecule has 0 aromatic carbocycles. The lowest BCUT2D eigenvalue weighted by molar-refractivity contribution is -0.138. The maximum atomic E-state index is 12.2. The third-order valence-electron chi connectivity index (χ3n) is 4.16. The highest BCUT2D eigenvalue weighted by molar-refractivity contribution is 5.76. The maximum Gasteiger partial charge on any atom is 0.303 e. The van der Waals surface area contributed by atoms with Gasteiger partial charge in [-0.25, -0.2) is 0 Å². The molecule has 0 saturated heterocycles. The number of unbranched alkanes of at least 4 members (excludes halogenated alkanes) is 1. The van der Waals surface area contributed by atoms with E-state index in [2.05, 4.69) is 6.92 Å². The molecule has 0 spiro atoms. The molecule has 4 nitrogen and oxygen atoms in total. The highest BCUT2D eigenvalue weighted by Crippen LogP contribution is 2.28. The van der Waals surface area contributed by atoms with E-state index >= 15 is 0 Å². The molecule has 2 unspecified atom stereocenters. The minimum atomic E-state index is -0.777. The zero-order chi connectivity index (χ0) is 14.3. The van der Waals surface area contributed by atoms with Gasteiger partial charge in [0.05, 0.1) is 0 Å². The first-order valence-corrected chi connectivity index (χ1v) is 7.57. The number of carboxylic acid groups (broad SMARTS) is 1. The van der Waals surface area contributed by atoms with E-state index in [-0.39, 0.29) is 12.3 Å². The summed E-state index contributed by atoms with van der Waals surface area (Å²) in [4.78, 5) is 24.7. The molecule has 0 aromatic rings. The lowest BCUT2D eigenvalue weighted by Crippen LogP contribution is -2.45. The van der Waals surface area contributed by atoms with E-state index < -0.39 is 5.97 Å². The Kier molecular flexibility index (Phi) is 6.89. The van der Waals surface area contributed by atoms with Crippen molar-refractivity contribution in [1.82, 2.24) is 4.90 Å². The first-order valence-electron chi connectivity index (χ1n) is 7.57. The van der Waals surface area contributed by atoms with Gasteiger partial charge in [0.25, 0.3) is 0 Å². The first kappa shape index (κ1) is 16.0. The summed E-state index contributed by atoms with van der Waals surface area (Å²) in [6.07, 6.45) is 6.77. The molecule has 1 fully saturated rings. The molecule has 19 heavy (non-hydrogen) atoms. The number of rotatable bonds is 7. The van der Waals surface area contributed by atoms with Crippen LogP contribution in [-0.2, 0) is 9.59 Å². The molecule has 2 atom stereocenters. The topological polar surface area (TPSA) is 57.6 Å². The Labute approximate surface area is 116 Å². The van der Waals surface area contributed by atoms with E-state index in [9.17, 15) is 9.59 Å². The Morgan fingerprint density at radius 1 is 1.16 bits per heavy atom. The van der Waals surface area contributed by atoms with Gasteiger partial charge in [-0.1, -0.05) is 19.8 Å². The second kappa shape index (κ2) is 8.18. The van der Waals surface area contributed by atoms with Crippen molar-refractivity contribution >= 4 is 11.9 Å².